The molecular formula is C23H19N5. The number of nitrogens with one attached hydrogen (secondary N) is 2. The van der Waals surface area contributed by atoms with Crippen molar-refractivity contribution in [3.8, 4) is 0 Å². The topological polar surface area (TPSA) is 65.4 Å². The minimum Gasteiger partial charge on any atom is -0.335 e. The van der Waals surface area contributed by atoms with Crippen LogP contribution in [0.15, 0.2) is 101 Å². The lowest BCUT2D eigenvalue weighted by molar-refractivity contribution is 1.01. The molecule has 0 unspecified atom stereocenters. The fourth-order valence-electron chi connectivity index (χ4n) is 2.69. The zero-order valence-electron chi connectivity index (χ0n) is 15.2. The Morgan fingerprint density at radius 3 is 2.36 bits per heavy atom. The zero-order chi connectivity index (χ0) is 19.0. The number of para-hydroxylation sites is 3. The van der Waals surface area contributed by atoms with E-state index >= 15 is 0 Å². The predicted molar refractivity (Wildman–Crippen MR) is 116 cm³/mol. The first kappa shape index (κ1) is 17.4. The number of hydrogen-bond donors (Lipinski definition) is 2. The van der Waals surface area contributed by atoms with Crippen molar-refractivity contribution in [1.29, 1.82) is 0 Å². The van der Waals surface area contributed by atoms with E-state index in [1.165, 1.54) is 0 Å². The van der Waals surface area contributed by atoms with Gasteiger partial charge in [-0.15, -0.1) is 0 Å². The van der Waals surface area contributed by atoms with Crippen LogP contribution < -0.4 is 5.43 Å². The van der Waals surface area contributed by atoms with Crippen LogP contribution in [-0.4, -0.2) is 22.0 Å². The molecule has 5 heteroatoms. The standard InChI is InChI=1S/C23H19N5/c1-3-10-18(11-4-1)12-9-17-24-28-23(25-19-13-5-2-6-14-19)22-26-20-15-7-8-16-21(20)27-22/h1-17H,(H,25,28)(H,26,27). The number of H-pyrrole nitrogens is 1. The highest BCUT2D eigenvalue weighted by molar-refractivity contribution is 6.00. The number of hydrogen-bond acceptors (Lipinski definition) is 3. The lowest BCUT2D eigenvalue weighted by Gasteiger charge is -2.02. The molecule has 0 radical (unpaired) electrons. The van der Waals surface area contributed by atoms with Gasteiger partial charge in [0.05, 0.1) is 16.7 Å². The summed E-state index contributed by atoms with van der Waals surface area (Å²) in [4.78, 5) is 12.6. The summed E-state index contributed by atoms with van der Waals surface area (Å²) >= 11 is 0. The summed E-state index contributed by atoms with van der Waals surface area (Å²) in [5.74, 6) is 1.18. The Bertz CT molecular complexity index is 1090. The normalized spacial score (nSPS) is 12.2. The zero-order valence-corrected chi connectivity index (χ0v) is 15.2. The third-order valence-corrected chi connectivity index (χ3v) is 4.03. The molecule has 1 aromatic heterocycles. The Hall–Kier alpha value is -3.99. The Morgan fingerprint density at radius 2 is 1.57 bits per heavy atom. The van der Waals surface area contributed by atoms with Crippen LogP contribution in [-0.2, 0) is 0 Å². The van der Waals surface area contributed by atoms with E-state index in [-0.39, 0.29) is 0 Å². The van der Waals surface area contributed by atoms with Crippen LogP contribution in [0.4, 0.5) is 5.69 Å². The van der Waals surface area contributed by atoms with Gasteiger partial charge in [-0.3, -0.25) is 5.43 Å². The summed E-state index contributed by atoms with van der Waals surface area (Å²) in [6.07, 6.45) is 5.55. The lowest BCUT2D eigenvalue weighted by atomic mass is 10.2. The molecule has 0 bridgehead atoms. The molecule has 0 aliphatic rings. The number of allylic oxidation sites excluding steroid dienone is 1. The molecule has 0 saturated carbocycles. The average molecular weight is 365 g/mol. The Labute approximate surface area is 163 Å². The first-order valence-corrected chi connectivity index (χ1v) is 8.98. The van der Waals surface area contributed by atoms with Crippen molar-refractivity contribution in [2.45, 2.75) is 0 Å². The Kier molecular flexibility index (Phi) is 5.35. The molecule has 136 valence electrons. The highest BCUT2D eigenvalue weighted by atomic mass is 15.3. The third-order valence-electron chi connectivity index (χ3n) is 4.03. The summed E-state index contributed by atoms with van der Waals surface area (Å²) in [7, 11) is 0. The van der Waals surface area contributed by atoms with E-state index in [1.807, 2.05) is 97.1 Å². The van der Waals surface area contributed by atoms with Crippen molar-refractivity contribution >= 4 is 34.8 Å². The maximum Gasteiger partial charge on any atom is 0.190 e. The van der Waals surface area contributed by atoms with E-state index in [4.69, 9.17) is 0 Å². The molecule has 3 aromatic carbocycles. The average Bonchev–Trinajstić information content (AvgIpc) is 3.18. The highest BCUT2D eigenvalue weighted by Gasteiger charge is 2.09. The second-order valence-electron chi connectivity index (χ2n) is 6.06. The second kappa shape index (κ2) is 8.60. The lowest BCUT2D eigenvalue weighted by Crippen LogP contribution is -2.20. The maximum absolute atomic E-state index is 4.65. The smallest absolute Gasteiger partial charge is 0.190 e. The minimum atomic E-state index is 0.548. The van der Waals surface area contributed by atoms with Gasteiger partial charge in [0.1, 0.15) is 0 Å². The van der Waals surface area contributed by atoms with Crippen LogP contribution in [0.3, 0.4) is 0 Å². The van der Waals surface area contributed by atoms with E-state index < -0.39 is 0 Å². The fourth-order valence-corrected chi connectivity index (χ4v) is 2.69. The van der Waals surface area contributed by atoms with Crippen LogP contribution in [0.5, 0.6) is 0 Å². The summed E-state index contributed by atoms with van der Waals surface area (Å²) in [5, 5.41) is 4.28. The molecule has 0 fully saturated rings. The number of aliphatic imine (C=N–C) groups is 1. The highest BCUT2D eigenvalue weighted by Crippen LogP contribution is 2.14. The molecule has 1 heterocycles. The maximum atomic E-state index is 4.65. The molecule has 0 spiro atoms. The van der Waals surface area contributed by atoms with Gasteiger partial charge in [0.2, 0.25) is 0 Å². The van der Waals surface area contributed by atoms with Crippen LogP contribution in [0.1, 0.15) is 11.4 Å². The molecule has 0 atom stereocenters. The number of nitrogens with zero attached hydrogens (tertiary/aromatic N) is 3. The quantitative estimate of drug-likeness (QED) is 0.299. The van der Waals surface area contributed by atoms with E-state index in [9.17, 15) is 0 Å². The van der Waals surface area contributed by atoms with E-state index in [0.717, 1.165) is 22.3 Å². The van der Waals surface area contributed by atoms with Gasteiger partial charge in [-0.25, -0.2) is 9.98 Å². The number of aromatic nitrogens is 2. The van der Waals surface area contributed by atoms with Crippen LogP contribution in [0.25, 0.3) is 17.1 Å². The minimum absolute atomic E-state index is 0.548. The van der Waals surface area contributed by atoms with Gasteiger partial charge in [-0.2, -0.15) is 5.10 Å². The second-order valence-corrected chi connectivity index (χ2v) is 6.06. The van der Waals surface area contributed by atoms with Crippen molar-refractivity contribution in [2.24, 2.45) is 10.1 Å². The van der Waals surface area contributed by atoms with E-state index in [2.05, 4.69) is 25.5 Å². The number of rotatable bonds is 5. The Morgan fingerprint density at radius 1 is 0.857 bits per heavy atom. The molecule has 0 amide bonds. The van der Waals surface area contributed by atoms with Gasteiger partial charge < -0.3 is 4.98 Å². The van der Waals surface area contributed by atoms with Gasteiger partial charge in [0.25, 0.3) is 0 Å². The van der Waals surface area contributed by atoms with Crippen molar-refractivity contribution in [2.75, 3.05) is 0 Å². The van der Waals surface area contributed by atoms with E-state index in [0.29, 0.717) is 11.7 Å². The van der Waals surface area contributed by atoms with Crippen LogP contribution >= 0.6 is 0 Å². The molecular weight excluding hydrogens is 346 g/mol. The van der Waals surface area contributed by atoms with Crippen LogP contribution in [0.2, 0.25) is 0 Å². The van der Waals surface area contributed by atoms with E-state index in [1.54, 1.807) is 6.21 Å². The number of amidine groups is 1. The SMILES string of the molecule is C(=Cc1ccccc1)C=NNC(=Nc1ccccc1)c1nc2ccccc2[nH]1. The monoisotopic (exact) mass is 365 g/mol. The third kappa shape index (κ3) is 4.40. The van der Waals surface area contributed by atoms with Crippen LogP contribution in [0, 0.1) is 0 Å². The first-order chi connectivity index (χ1) is 13.9. The molecule has 28 heavy (non-hydrogen) atoms. The first-order valence-electron chi connectivity index (χ1n) is 8.98. The number of imidazole rings is 1. The molecule has 4 rings (SSSR count). The van der Waals surface area contributed by atoms with Gasteiger partial charge in [-0.05, 0) is 35.9 Å². The van der Waals surface area contributed by atoms with Crippen molar-refractivity contribution in [3.05, 3.63) is 102 Å². The van der Waals surface area contributed by atoms with Crippen molar-refractivity contribution in [3.63, 3.8) is 0 Å². The number of aromatic amines is 1. The predicted octanol–water partition coefficient (Wildman–Crippen LogP) is 4.93. The van der Waals surface area contributed by atoms with Gasteiger partial charge in [0, 0.05) is 6.21 Å². The largest absolute Gasteiger partial charge is 0.335 e. The molecule has 5 nitrogen and oxygen atoms in total. The molecule has 0 aliphatic carbocycles. The molecule has 4 aromatic rings. The van der Waals surface area contributed by atoms with Gasteiger partial charge in [0.15, 0.2) is 11.7 Å². The summed E-state index contributed by atoms with van der Waals surface area (Å²) in [6.45, 7) is 0. The summed E-state index contributed by atoms with van der Waals surface area (Å²) in [5.41, 5.74) is 6.78. The summed E-state index contributed by atoms with van der Waals surface area (Å²) in [6, 6.07) is 27.7. The number of hydrazone groups is 1. The van der Waals surface area contributed by atoms with Crippen molar-refractivity contribution < 1.29 is 0 Å². The van der Waals surface area contributed by atoms with Gasteiger partial charge in [-0.1, -0.05) is 66.7 Å². The number of benzene rings is 3. The molecule has 0 saturated heterocycles. The summed E-state index contributed by atoms with van der Waals surface area (Å²) < 4.78 is 0. The fraction of sp³-hybridized carbons (Fsp3) is 0. The molecule has 2 N–H and O–H groups in total. The van der Waals surface area contributed by atoms with Crippen molar-refractivity contribution in [1.82, 2.24) is 15.4 Å². The molecule has 0 aliphatic heterocycles. The number of fused-ring (bicyclic) bond motifs is 1. The Balaban J connectivity index is 1.57. The van der Waals surface area contributed by atoms with Gasteiger partial charge >= 0.3 is 0 Å².